The van der Waals surface area contributed by atoms with Crippen molar-refractivity contribution in [2.24, 2.45) is 0 Å². The lowest BCUT2D eigenvalue weighted by molar-refractivity contribution is -0.376. The van der Waals surface area contributed by atoms with E-state index in [1.54, 1.807) is 0 Å². The van der Waals surface area contributed by atoms with E-state index in [0.29, 0.717) is 0 Å². The quantitative estimate of drug-likeness (QED) is 0.167. The fourth-order valence-electron chi connectivity index (χ4n) is 4.00. The third kappa shape index (κ3) is 5.32. The highest BCUT2D eigenvalue weighted by Crippen LogP contribution is 2.32. The van der Waals surface area contributed by atoms with Crippen LogP contribution in [0.3, 0.4) is 0 Å². The maximum atomic E-state index is 10.6. The molecule has 15 unspecified atom stereocenters. The summed E-state index contributed by atoms with van der Waals surface area (Å²) in [5, 5.41) is 99.7. The predicted octanol–water partition coefficient (Wildman–Crippen LogP) is -6.55. The molecule has 0 bridgehead atoms. The normalized spacial score (nSPS) is 53.7. The standard InChI is InChI=1S/C18H32O15/c1-4-7(21)8(22)12(26)17(29-4)32-15-6(3-20)31-18(13(27)10(15)24)33-14-5(2-19)30-16(28)11(25)9(14)23/h4-28H,2-3H2,1H3. The first kappa shape index (κ1) is 27.0. The summed E-state index contributed by atoms with van der Waals surface area (Å²) in [6, 6.07) is 0. The van der Waals surface area contributed by atoms with Crippen LogP contribution in [0.25, 0.3) is 0 Å². The minimum absolute atomic E-state index is 0.741. The maximum absolute atomic E-state index is 10.6. The van der Waals surface area contributed by atoms with Crippen LogP contribution < -0.4 is 0 Å². The van der Waals surface area contributed by atoms with Crippen molar-refractivity contribution in [3.8, 4) is 0 Å². The third-order valence-corrected chi connectivity index (χ3v) is 6.05. The van der Waals surface area contributed by atoms with E-state index < -0.39 is 105 Å². The van der Waals surface area contributed by atoms with Crippen molar-refractivity contribution in [2.75, 3.05) is 13.2 Å². The van der Waals surface area contributed by atoms with Gasteiger partial charge < -0.3 is 74.7 Å². The summed E-state index contributed by atoms with van der Waals surface area (Å²) in [5.74, 6) is 0. The molecule has 0 saturated carbocycles. The average molecular weight is 488 g/mol. The van der Waals surface area contributed by atoms with Gasteiger partial charge in [-0.3, -0.25) is 0 Å². The van der Waals surface area contributed by atoms with Crippen LogP contribution in [0, 0.1) is 0 Å². The molecule has 3 heterocycles. The van der Waals surface area contributed by atoms with Crippen LogP contribution in [0.4, 0.5) is 0 Å². The van der Waals surface area contributed by atoms with Gasteiger partial charge in [-0.2, -0.15) is 0 Å². The molecule has 0 radical (unpaired) electrons. The highest BCUT2D eigenvalue weighted by molar-refractivity contribution is 4.95. The van der Waals surface area contributed by atoms with Crippen LogP contribution in [0.15, 0.2) is 0 Å². The molecule has 3 aliphatic rings. The van der Waals surface area contributed by atoms with E-state index in [-0.39, 0.29) is 0 Å². The van der Waals surface area contributed by atoms with E-state index in [4.69, 9.17) is 23.7 Å². The van der Waals surface area contributed by atoms with Crippen LogP contribution in [0.1, 0.15) is 6.92 Å². The molecular weight excluding hydrogens is 456 g/mol. The van der Waals surface area contributed by atoms with Crippen LogP contribution in [0.2, 0.25) is 0 Å². The lowest BCUT2D eigenvalue weighted by Crippen LogP contribution is -2.66. The van der Waals surface area contributed by atoms with Crippen molar-refractivity contribution in [1.82, 2.24) is 0 Å². The Bertz CT molecular complexity index is 622. The van der Waals surface area contributed by atoms with E-state index in [1.807, 2.05) is 0 Å². The minimum Gasteiger partial charge on any atom is -0.394 e. The molecule has 0 aromatic heterocycles. The molecule has 15 nitrogen and oxygen atoms in total. The van der Waals surface area contributed by atoms with Gasteiger partial charge in [0.05, 0.1) is 19.3 Å². The molecule has 3 fully saturated rings. The highest BCUT2D eigenvalue weighted by atomic mass is 16.7. The fraction of sp³-hybridized carbons (Fsp3) is 1.00. The van der Waals surface area contributed by atoms with Crippen molar-refractivity contribution in [3.05, 3.63) is 0 Å². The van der Waals surface area contributed by atoms with Gasteiger partial charge in [-0.25, -0.2) is 0 Å². The molecule has 3 rings (SSSR count). The van der Waals surface area contributed by atoms with Gasteiger partial charge in [-0.05, 0) is 6.92 Å². The first-order valence-corrected chi connectivity index (χ1v) is 10.4. The van der Waals surface area contributed by atoms with E-state index in [0.717, 1.165) is 0 Å². The Balaban J connectivity index is 1.71. The van der Waals surface area contributed by atoms with Crippen molar-refractivity contribution in [3.63, 3.8) is 0 Å². The average Bonchev–Trinajstić information content (AvgIpc) is 2.80. The molecule has 10 N–H and O–H groups in total. The zero-order chi connectivity index (χ0) is 24.6. The zero-order valence-corrected chi connectivity index (χ0v) is 17.6. The summed E-state index contributed by atoms with van der Waals surface area (Å²) < 4.78 is 26.6. The Morgan fingerprint density at radius 3 is 1.55 bits per heavy atom. The van der Waals surface area contributed by atoms with E-state index in [9.17, 15) is 51.1 Å². The Hall–Kier alpha value is -0.600. The smallest absolute Gasteiger partial charge is 0.187 e. The second kappa shape index (κ2) is 11.0. The zero-order valence-electron chi connectivity index (χ0n) is 17.6. The summed E-state index contributed by atoms with van der Waals surface area (Å²) >= 11 is 0. The molecule has 0 amide bonds. The minimum atomic E-state index is -1.86. The predicted molar refractivity (Wildman–Crippen MR) is 99.8 cm³/mol. The van der Waals surface area contributed by atoms with Crippen LogP contribution in [0.5, 0.6) is 0 Å². The summed E-state index contributed by atoms with van der Waals surface area (Å²) in [5.41, 5.74) is 0. The molecule has 15 heteroatoms. The first-order valence-electron chi connectivity index (χ1n) is 10.4. The number of hydrogen-bond acceptors (Lipinski definition) is 15. The van der Waals surface area contributed by atoms with Crippen molar-refractivity contribution >= 4 is 0 Å². The Morgan fingerprint density at radius 1 is 0.545 bits per heavy atom. The van der Waals surface area contributed by atoms with Gasteiger partial charge >= 0.3 is 0 Å². The number of rotatable bonds is 6. The second-order valence-electron chi connectivity index (χ2n) is 8.32. The number of aliphatic hydroxyl groups excluding tert-OH is 10. The number of ether oxygens (including phenoxy) is 5. The van der Waals surface area contributed by atoms with Crippen molar-refractivity contribution in [1.29, 1.82) is 0 Å². The molecule has 3 aliphatic heterocycles. The number of aliphatic hydroxyl groups is 10. The molecule has 15 atom stereocenters. The SMILES string of the molecule is CC1OC(OC2C(CO)OC(OC3C(CO)OC(O)C(O)C3O)C(O)C2O)C(O)C(O)C1O. The first-order chi connectivity index (χ1) is 15.5. The van der Waals surface area contributed by atoms with Gasteiger partial charge in [0.15, 0.2) is 18.9 Å². The van der Waals surface area contributed by atoms with Crippen molar-refractivity contribution < 1.29 is 74.7 Å². The summed E-state index contributed by atoms with van der Waals surface area (Å²) in [7, 11) is 0. The van der Waals surface area contributed by atoms with E-state index >= 15 is 0 Å². The maximum Gasteiger partial charge on any atom is 0.187 e. The Kier molecular flexibility index (Phi) is 8.99. The lowest BCUT2D eigenvalue weighted by atomic mass is 9.96. The van der Waals surface area contributed by atoms with E-state index in [2.05, 4.69) is 0 Å². The Morgan fingerprint density at radius 2 is 1.00 bits per heavy atom. The molecule has 3 saturated heterocycles. The van der Waals surface area contributed by atoms with Gasteiger partial charge in [0.2, 0.25) is 0 Å². The summed E-state index contributed by atoms with van der Waals surface area (Å²) in [6.45, 7) is -0.103. The highest BCUT2D eigenvalue weighted by Gasteiger charge is 2.52. The summed E-state index contributed by atoms with van der Waals surface area (Å²) in [4.78, 5) is 0. The molecule has 194 valence electrons. The molecule has 33 heavy (non-hydrogen) atoms. The van der Waals surface area contributed by atoms with Gasteiger partial charge in [0.25, 0.3) is 0 Å². The van der Waals surface area contributed by atoms with Gasteiger partial charge in [-0.1, -0.05) is 0 Å². The third-order valence-electron chi connectivity index (χ3n) is 6.05. The number of hydrogen-bond donors (Lipinski definition) is 10. The Labute approximate surface area is 187 Å². The molecule has 0 spiro atoms. The topological polar surface area (TPSA) is 248 Å². The summed E-state index contributed by atoms with van der Waals surface area (Å²) in [6.07, 6.45) is -23.7. The molecule has 0 aliphatic carbocycles. The van der Waals surface area contributed by atoms with Gasteiger partial charge in [-0.15, -0.1) is 0 Å². The van der Waals surface area contributed by atoms with E-state index in [1.165, 1.54) is 6.92 Å². The molecular formula is C18H32O15. The van der Waals surface area contributed by atoms with Gasteiger partial charge in [0, 0.05) is 0 Å². The van der Waals surface area contributed by atoms with Crippen LogP contribution in [-0.2, 0) is 23.7 Å². The lowest BCUT2D eigenvalue weighted by Gasteiger charge is -2.47. The fourth-order valence-corrected chi connectivity index (χ4v) is 4.00. The molecule has 0 aromatic carbocycles. The molecule has 0 aromatic rings. The van der Waals surface area contributed by atoms with Crippen LogP contribution >= 0.6 is 0 Å². The second-order valence-corrected chi connectivity index (χ2v) is 8.32. The van der Waals surface area contributed by atoms with Crippen molar-refractivity contribution in [2.45, 2.75) is 99.0 Å². The van der Waals surface area contributed by atoms with Crippen LogP contribution in [-0.4, -0.2) is 156 Å². The monoisotopic (exact) mass is 488 g/mol. The van der Waals surface area contributed by atoms with Gasteiger partial charge in [0.1, 0.15) is 67.1 Å². The largest absolute Gasteiger partial charge is 0.394 e.